The van der Waals surface area contributed by atoms with Gasteiger partial charge in [-0.15, -0.1) is 0 Å². The van der Waals surface area contributed by atoms with Crippen molar-refractivity contribution in [3.63, 3.8) is 0 Å². The number of ether oxygens (including phenoxy) is 2. The molecule has 3 heterocycles. The van der Waals surface area contributed by atoms with Crippen molar-refractivity contribution in [1.29, 1.82) is 0 Å². The fourth-order valence-electron chi connectivity index (χ4n) is 6.02. The Balaban J connectivity index is 1.51. The Labute approximate surface area is 310 Å². The first-order valence-electron chi connectivity index (χ1n) is 18.2. The second kappa shape index (κ2) is 20.1. The smallest absolute Gasteiger partial charge is 0.257 e. The Morgan fingerprint density at radius 3 is 2.45 bits per heavy atom. The fraction of sp³-hybridized carbons (Fsp3) is 0.487. The molecule has 5 N–H and O–H groups in total. The summed E-state index contributed by atoms with van der Waals surface area (Å²) < 4.78 is 11.2. The summed E-state index contributed by atoms with van der Waals surface area (Å²) in [6.45, 7) is 6.33. The minimum absolute atomic E-state index is 0.0498. The predicted octanol–water partition coefficient (Wildman–Crippen LogP) is 2.51. The molecule has 0 saturated carbocycles. The maximum Gasteiger partial charge on any atom is 0.257 e. The van der Waals surface area contributed by atoms with Crippen molar-refractivity contribution < 1.29 is 38.6 Å². The van der Waals surface area contributed by atoms with Crippen molar-refractivity contribution in [3.05, 3.63) is 65.9 Å². The summed E-state index contributed by atoms with van der Waals surface area (Å²) in [4.78, 5) is 72.0. The lowest BCUT2D eigenvalue weighted by molar-refractivity contribution is -0.134. The standard InChI is InChI=1S/C39H52N6O8/c1-25(2)21-31-37(49)44-36(26(3)46)38(50)42-16-5-6-19-45(39(51)29-12-13-30-28(23-29)9-7-17-40-30)20-8-18-41-35(48)24-53-32-14-10-27(22-33(32)52-4)11-15-34(47)43-31/h7,9-10,12-14,17,22-23,25-26,31,36,46H,5-6,8,11,15-16,18-21,24H2,1-4H3,(H,41,48)(H,42,50)(H,43,47)(H,44,49)/t26-,31-,36+/m1/s1. The number of nitrogens with zero attached hydrogens (tertiary/aromatic N) is 2. The first-order valence-corrected chi connectivity index (χ1v) is 18.2. The van der Waals surface area contributed by atoms with Gasteiger partial charge in [-0.2, -0.15) is 0 Å². The third-order valence-electron chi connectivity index (χ3n) is 8.87. The molecule has 0 aliphatic carbocycles. The zero-order valence-corrected chi connectivity index (χ0v) is 31.0. The number of pyridine rings is 1. The van der Waals surface area contributed by atoms with Crippen molar-refractivity contribution in [2.24, 2.45) is 5.92 Å². The SMILES string of the molecule is COc1cc2ccc1OCC(=O)NCCCN(C(=O)c1ccc3ncccc3c1)CCCCNC(=O)[C@H]([C@@H](C)O)NC(=O)[C@@H](CC(C)C)NC(=O)CC2. The van der Waals surface area contributed by atoms with E-state index in [0.29, 0.717) is 68.8 Å². The number of aromatic nitrogens is 1. The van der Waals surface area contributed by atoms with Crippen LogP contribution < -0.4 is 30.7 Å². The summed E-state index contributed by atoms with van der Waals surface area (Å²) in [7, 11) is 1.48. The number of benzene rings is 2. The number of rotatable bonds is 5. The highest BCUT2D eigenvalue weighted by Gasteiger charge is 2.30. The zero-order chi connectivity index (χ0) is 38.3. The van der Waals surface area contributed by atoms with Crippen LogP contribution in [0.1, 0.15) is 68.8 Å². The molecule has 0 radical (unpaired) electrons. The van der Waals surface area contributed by atoms with Gasteiger partial charge in [0.25, 0.3) is 11.8 Å². The van der Waals surface area contributed by atoms with Gasteiger partial charge < -0.3 is 40.7 Å². The molecule has 5 rings (SSSR count). The lowest BCUT2D eigenvalue weighted by atomic mass is 10.0. The number of carbonyl (C=O) groups excluding carboxylic acids is 5. The van der Waals surface area contributed by atoms with Crippen LogP contribution in [0.4, 0.5) is 0 Å². The summed E-state index contributed by atoms with van der Waals surface area (Å²) in [5.41, 5.74) is 2.07. The molecule has 3 aromatic rings. The average Bonchev–Trinajstić information content (AvgIpc) is 3.14. The molecule has 2 aromatic carbocycles. The zero-order valence-electron chi connectivity index (χ0n) is 31.0. The van der Waals surface area contributed by atoms with E-state index in [1.165, 1.54) is 14.0 Å². The van der Waals surface area contributed by atoms with Crippen LogP contribution in [0.5, 0.6) is 11.5 Å². The van der Waals surface area contributed by atoms with Crippen molar-refractivity contribution in [1.82, 2.24) is 31.2 Å². The normalized spacial score (nSPS) is 19.8. The van der Waals surface area contributed by atoms with Gasteiger partial charge in [0.05, 0.1) is 18.7 Å². The van der Waals surface area contributed by atoms with Crippen molar-refractivity contribution in [2.45, 2.75) is 77.5 Å². The van der Waals surface area contributed by atoms with Crippen molar-refractivity contribution >= 4 is 40.4 Å². The Morgan fingerprint density at radius 1 is 0.925 bits per heavy atom. The predicted molar refractivity (Wildman–Crippen MR) is 199 cm³/mol. The quantitative estimate of drug-likeness (QED) is 0.246. The highest BCUT2D eigenvalue weighted by molar-refractivity contribution is 5.98. The van der Waals surface area contributed by atoms with Crippen LogP contribution >= 0.6 is 0 Å². The van der Waals surface area contributed by atoms with Gasteiger partial charge in [0.2, 0.25) is 17.7 Å². The average molecular weight is 733 g/mol. The monoisotopic (exact) mass is 732 g/mol. The molecule has 14 heteroatoms. The molecule has 5 amide bonds. The Morgan fingerprint density at radius 2 is 1.70 bits per heavy atom. The van der Waals surface area contributed by atoms with Crippen LogP contribution in [-0.4, -0.2) is 103 Å². The number of carbonyl (C=O) groups is 5. The van der Waals surface area contributed by atoms with Crippen LogP contribution in [-0.2, 0) is 25.6 Å². The molecule has 0 unspecified atom stereocenters. The Kier molecular flexibility index (Phi) is 15.4. The number of hydrogen-bond donors (Lipinski definition) is 5. The fourth-order valence-corrected chi connectivity index (χ4v) is 6.02. The molecule has 286 valence electrons. The second-order valence-electron chi connectivity index (χ2n) is 13.7. The van der Waals surface area contributed by atoms with Crippen molar-refractivity contribution in [3.8, 4) is 11.5 Å². The van der Waals surface area contributed by atoms with Gasteiger partial charge >= 0.3 is 0 Å². The Bertz CT molecular complexity index is 1730. The first kappa shape index (κ1) is 40.5. The molecule has 14 nitrogen and oxygen atoms in total. The van der Waals surface area contributed by atoms with Crippen LogP contribution in [0.25, 0.3) is 10.9 Å². The molecule has 0 fully saturated rings. The highest BCUT2D eigenvalue weighted by Crippen LogP contribution is 2.28. The van der Waals surface area contributed by atoms with Gasteiger partial charge in [-0.25, -0.2) is 0 Å². The van der Waals surface area contributed by atoms with Gasteiger partial charge in [0.1, 0.15) is 12.1 Å². The minimum Gasteiger partial charge on any atom is -0.493 e. The van der Waals surface area contributed by atoms with E-state index in [1.54, 1.807) is 41.4 Å². The topological polar surface area (TPSA) is 188 Å². The minimum atomic E-state index is -1.24. The number of hydrogen-bond acceptors (Lipinski definition) is 9. The van der Waals surface area contributed by atoms with E-state index in [1.807, 2.05) is 32.0 Å². The number of methoxy groups -OCH3 is 1. The molecule has 53 heavy (non-hydrogen) atoms. The molecule has 3 atom stereocenters. The van der Waals surface area contributed by atoms with Gasteiger partial charge in [-0.3, -0.25) is 29.0 Å². The molecule has 2 aliphatic heterocycles. The number of amides is 5. The van der Waals surface area contributed by atoms with Gasteiger partial charge in [0.15, 0.2) is 18.1 Å². The molecule has 0 saturated heterocycles. The van der Waals surface area contributed by atoms with Gasteiger partial charge in [0, 0.05) is 49.7 Å². The molecule has 2 aliphatic rings. The van der Waals surface area contributed by atoms with Crippen LogP contribution in [0, 0.1) is 5.92 Å². The van der Waals surface area contributed by atoms with Crippen molar-refractivity contribution in [2.75, 3.05) is 39.9 Å². The summed E-state index contributed by atoms with van der Waals surface area (Å²) in [5, 5.41) is 22.3. The van der Waals surface area contributed by atoms with E-state index in [2.05, 4.69) is 26.3 Å². The summed E-state index contributed by atoms with van der Waals surface area (Å²) >= 11 is 0. The third kappa shape index (κ3) is 12.4. The Hall–Kier alpha value is -5.24. The first-order chi connectivity index (χ1) is 25.4. The van der Waals surface area contributed by atoms with Crippen LogP contribution in [0.15, 0.2) is 54.7 Å². The van der Waals surface area contributed by atoms with Crippen LogP contribution in [0.2, 0.25) is 0 Å². The maximum atomic E-state index is 13.7. The van der Waals surface area contributed by atoms with E-state index in [-0.39, 0.29) is 43.2 Å². The van der Waals surface area contributed by atoms with E-state index in [4.69, 9.17) is 9.47 Å². The number of nitrogens with one attached hydrogen (secondary N) is 4. The summed E-state index contributed by atoms with van der Waals surface area (Å²) in [6, 6.07) is 12.1. The summed E-state index contributed by atoms with van der Waals surface area (Å²) in [5.74, 6) is -1.17. The largest absolute Gasteiger partial charge is 0.493 e. The van der Waals surface area contributed by atoms with Crippen LogP contribution in [0.3, 0.4) is 0 Å². The van der Waals surface area contributed by atoms with E-state index >= 15 is 0 Å². The second-order valence-corrected chi connectivity index (χ2v) is 13.7. The summed E-state index contributed by atoms with van der Waals surface area (Å²) in [6.07, 6.45) is 2.80. The third-order valence-corrected chi connectivity index (χ3v) is 8.87. The molecular formula is C39H52N6O8. The molecular weight excluding hydrogens is 680 g/mol. The lowest BCUT2D eigenvalue weighted by Gasteiger charge is -2.26. The molecule has 2 bridgehead atoms. The highest BCUT2D eigenvalue weighted by atomic mass is 16.5. The molecule has 0 spiro atoms. The number of aryl methyl sites for hydroxylation is 1. The van der Waals surface area contributed by atoms with Gasteiger partial charge in [-0.1, -0.05) is 26.0 Å². The number of fused-ring (bicyclic) bond motifs is 24. The maximum absolute atomic E-state index is 13.7. The number of aliphatic hydroxyl groups excluding tert-OH is 1. The molecule has 1 aromatic heterocycles. The number of aliphatic hydroxyl groups is 1. The van der Waals surface area contributed by atoms with E-state index < -0.39 is 30.0 Å². The lowest BCUT2D eigenvalue weighted by Crippen LogP contribution is -2.57. The van der Waals surface area contributed by atoms with E-state index in [0.717, 1.165) is 16.5 Å². The van der Waals surface area contributed by atoms with E-state index in [9.17, 15) is 29.1 Å². The van der Waals surface area contributed by atoms with Gasteiger partial charge in [-0.05, 0) is 86.9 Å².